The van der Waals surface area contributed by atoms with Crippen LogP contribution in [0.4, 0.5) is 8.78 Å². The molecule has 0 atom stereocenters. The molecule has 0 unspecified atom stereocenters. The molecular formula is C5H4F2N2O. The third-order valence-corrected chi connectivity index (χ3v) is 0.862. The van der Waals surface area contributed by atoms with E-state index < -0.39 is 11.8 Å². The van der Waals surface area contributed by atoms with E-state index in [0.29, 0.717) is 6.20 Å². The largest absolute Gasteiger partial charge is 0.467 e. The number of rotatable bonds is 1. The van der Waals surface area contributed by atoms with Gasteiger partial charge < -0.3 is 4.74 Å². The fourth-order valence-electron chi connectivity index (χ4n) is 0.430. The molecule has 1 aromatic heterocycles. The second kappa shape index (κ2) is 2.55. The highest BCUT2D eigenvalue weighted by Gasteiger charge is 2.04. The highest BCUT2D eigenvalue weighted by molar-refractivity contribution is 4.97. The van der Waals surface area contributed by atoms with Crippen molar-refractivity contribution in [3.05, 3.63) is 18.0 Å². The van der Waals surface area contributed by atoms with Gasteiger partial charge in [-0.15, -0.1) is 0 Å². The van der Waals surface area contributed by atoms with E-state index in [1.54, 1.807) is 0 Å². The minimum atomic E-state index is -1.20. The Morgan fingerprint density at radius 3 is 2.70 bits per heavy atom. The van der Waals surface area contributed by atoms with E-state index in [1.165, 1.54) is 7.11 Å². The van der Waals surface area contributed by atoms with Gasteiger partial charge in [0, 0.05) is 0 Å². The lowest BCUT2D eigenvalue weighted by Crippen LogP contribution is -1.96. The monoisotopic (exact) mass is 146 g/mol. The summed E-state index contributed by atoms with van der Waals surface area (Å²) in [6, 6.07) is -0.182. The molecular weight excluding hydrogens is 142 g/mol. The molecule has 54 valence electrons. The van der Waals surface area contributed by atoms with Crippen molar-refractivity contribution in [3.63, 3.8) is 0 Å². The average Bonchev–Trinajstić information content (AvgIpc) is 1.95. The minimum Gasteiger partial charge on any atom is -0.467 e. The van der Waals surface area contributed by atoms with Crippen LogP contribution in [0.3, 0.4) is 0 Å². The molecule has 1 aromatic rings. The van der Waals surface area contributed by atoms with Crippen LogP contribution in [0, 0.1) is 11.8 Å². The summed E-state index contributed by atoms with van der Waals surface area (Å²) in [4.78, 5) is 6.33. The van der Waals surface area contributed by atoms with E-state index in [0.717, 1.165) is 0 Å². The van der Waals surface area contributed by atoms with E-state index in [9.17, 15) is 8.78 Å². The Morgan fingerprint density at radius 2 is 2.20 bits per heavy atom. The molecule has 0 aliphatic rings. The fraction of sp³-hybridized carbons (Fsp3) is 0.200. The quantitative estimate of drug-likeness (QED) is 0.548. The average molecular weight is 146 g/mol. The Labute approximate surface area is 55.7 Å². The number of hydrogen-bond acceptors (Lipinski definition) is 3. The maximum absolute atomic E-state index is 12.2. The van der Waals surface area contributed by atoms with Gasteiger partial charge in [-0.3, -0.25) is 0 Å². The first-order valence-electron chi connectivity index (χ1n) is 2.46. The third kappa shape index (κ3) is 1.18. The molecule has 0 spiro atoms. The molecule has 0 amide bonds. The molecule has 0 fully saturated rings. The third-order valence-electron chi connectivity index (χ3n) is 0.862. The van der Waals surface area contributed by atoms with Crippen LogP contribution in [0.5, 0.6) is 6.01 Å². The van der Waals surface area contributed by atoms with Gasteiger partial charge in [0.25, 0.3) is 5.95 Å². The van der Waals surface area contributed by atoms with E-state index in [4.69, 9.17) is 0 Å². The SMILES string of the molecule is COc1ncc(F)c(F)n1. The summed E-state index contributed by atoms with van der Waals surface area (Å²) in [5.41, 5.74) is 0. The lowest BCUT2D eigenvalue weighted by atomic mass is 10.6. The van der Waals surface area contributed by atoms with Crippen LogP contribution >= 0.6 is 0 Å². The van der Waals surface area contributed by atoms with E-state index >= 15 is 0 Å². The number of methoxy groups -OCH3 is 1. The molecule has 0 aliphatic carbocycles. The molecule has 0 bridgehead atoms. The predicted octanol–water partition coefficient (Wildman–Crippen LogP) is 0.763. The van der Waals surface area contributed by atoms with E-state index in [2.05, 4.69) is 14.7 Å². The number of nitrogens with zero attached hydrogens (tertiary/aromatic N) is 2. The molecule has 1 rings (SSSR count). The summed E-state index contributed by atoms with van der Waals surface area (Å²) in [6.45, 7) is 0. The fourth-order valence-corrected chi connectivity index (χ4v) is 0.430. The highest BCUT2D eigenvalue weighted by Crippen LogP contribution is 2.04. The standard InChI is InChI=1S/C5H4F2N2O/c1-10-5-8-2-3(6)4(7)9-5/h2H,1H3. The number of hydrogen-bond donors (Lipinski definition) is 0. The van der Waals surface area contributed by atoms with Crippen LogP contribution in [0.25, 0.3) is 0 Å². The second-order valence-corrected chi connectivity index (χ2v) is 1.50. The van der Waals surface area contributed by atoms with Crippen molar-refractivity contribution < 1.29 is 13.5 Å². The Bertz CT molecular complexity index is 241. The number of aromatic nitrogens is 2. The predicted molar refractivity (Wildman–Crippen MR) is 28.5 cm³/mol. The van der Waals surface area contributed by atoms with Crippen molar-refractivity contribution in [1.29, 1.82) is 0 Å². The topological polar surface area (TPSA) is 35.0 Å². The summed E-state index contributed by atoms with van der Waals surface area (Å²) < 4.78 is 28.7. The molecule has 3 nitrogen and oxygen atoms in total. The zero-order chi connectivity index (χ0) is 7.56. The molecule has 10 heavy (non-hydrogen) atoms. The van der Waals surface area contributed by atoms with Crippen LogP contribution in [-0.2, 0) is 0 Å². The van der Waals surface area contributed by atoms with Crippen molar-refractivity contribution in [2.24, 2.45) is 0 Å². The van der Waals surface area contributed by atoms with Crippen LogP contribution in [-0.4, -0.2) is 17.1 Å². The molecule has 0 radical (unpaired) electrons. The van der Waals surface area contributed by atoms with Gasteiger partial charge in [0.05, 0.1) is 13.3 Å². The first-order chi connectivity index (χ1) is 4.74. The maximum Gasteiger partial charge on any atom is 0.318 e. The minimum absolute atomic E-state index is 0.182. The summed E-state index contributed by atoms with van der Waals surface area (Å²) >= 11 is 0. The smallest absolute Gasteiger partial charge is 0.318 e. The molecule has 5 heteroatoms. The van der Waals surface area contributed by atoms with Gasteiger partial charge in [0.1, 0.15) is 0 Å². The van der Waals surface area contributed by atoms with Crippen LogP contribution in [0.15, 0.2) is 6.20 Å². The molecule has 0 aromatic carbocycles. The summed E-state index contributed by atoms with van der Waals surface area (Å²) in [7, 11) is 1.27. The van der Waals surface area contributed by atoms with Crippen molar-refractivity contribution in [1.82, 2.24) is 9.97 Å². The lowest BCUT2D eigenvalue weighted by molar-refractivity contribution is 0.357. The van der Waals surface area contributed by atoms with Crippen LogP contribution in [0.2, 0.25) is 0 Å². The zero-order valence-electron chi connectivity index (χ0n) is 5.14. The summed E-state index contributed by atoms with van der Waals surface area (Å²) in [6.07, 6.45) is 0.709. The summed E-state index contributed by atoms with van der Waals surface area (Å²) in [5.74, 6) is -2.28. The van der Waals surface area contributed by atoms with Crippen LogP contribution < -0.4 is 4.74 Å². The Morgan fingerprint density at radius 1 is 1.50 bits per heavy atom. The summed E-state index contributed by atoms with van der Waals surface area (Å²) in [5, 5.41) is 0. The van der Waals surface area contributed by atoms with Gasteiger partial charge in [-0.05, 0) is 0 Å². The number of ether oxygens (including phenoxy) is 1. The second-order valence-electron chi connectivity index (χ2n) is 1.50. The lowest BCUT2D eigenvalue weighted by Gasteiger charge is -1.95. The molecule has 1 heterocycles. The molecule has 0 N–H and O–H groups in total. The molecule has 0 saturated carbocycles. The van der Waals surface area contributed by atoms with Gasteiger partial charge in [-0.1, -0.05) is 0 Å². The van der Waals surface area contributed by atoms with Crippen LogP contribution in [0.1, 0.15) is 0 Å². The Hall–Kier alpha value is -1.26. The molecule has 0 saturated heterocycles. The van der Waals surface area contributed by atoms with Gasteiger partial charge in [0.2, 0.25) is 0 Å². The van der Waals surface area contributed by atoms with E-state index in [1.807, 2.05) is 0 Å². The zero-order valence-corrected chi connectivity index (χ0v) is 5.14. The van der Waals surface area contributed by atoms with Gasteiger partial charge >= 0.3 is 6.01 Å². The molecule has 0 aliphatic heterocycles. The number of halogens is 2. The Kier molecular flexibility index (Phi) is 1.75. The normalized spacial score (nSPS) is 9.50. The Balaban J connectivity index is 3.04. The van der Waals surface area contributed by atoms with Crippen molar-refractivity contribution in [2.75, 3.05) is 7.11 Å². The highest BCUT2D eigenvalue weighted by atomic mass is 19.2. The maximum atomic E-state index is 12.2. The van der Waals surface area contributed by atoms with Gasteiger partial charge in [-0.25, -0.2) is 9.37 Å². The first kappa shape index (κ1) is 6.85. The van der Waals surface area contributed by atoms with E-state index in [-0.39, 0.29) is 6.01 Å². The van der Waals surface area contributed by atoms with Crippen molar-refractivity contribution in [3.8, 4) is 6.01 Å². The van der Waals surface area contributed by atoms with Crippen molar-refractivity contribution in [2.45, 2.75) is 0 Å². The first-order valence-corrected chi connectivity index (χ1v) is 2.46. The van der Waals surface area contributed by atoms with Gasteiger partial charge in [-0.2, -0.15) is 9.37 Å². The van der Waals surface area contributed by atoms with Gasteiger partial charge in [0.15, 0.2) is 5.82 Å². The van der Waals surface area contributed by atoms with Crippen molar-refractivity contribution >= 4 is 0 Å².